The molecule has 0 rings (SSSR count). The van der Waals surface area contributed by atoms with Crippen molar-refractivity contribution in [2.24, 2.45) is 5.92 Å². The second-order valence-corrected chi connectivity index (χ2v) is 5.23. The van der Waals surface area contributed by atoms with Crippen molar-refractivity contribution < 1.29 is 4.74 Å². The van der Waals surface area contributed by atoms with Crippen LogP contribution in [0.2, 0.25) is 0 Å². The van der Waals surface area contributed by atoms with Crippen molar-refractivity contribution in [1.82, 2.24) is 5.32 Å². The molecule has 0 aromatic heterocycles. The van der Waals surface area contributed by atoms with Crippen molar-refractivity contribution in [3.8, 4) is 0 Å². The first-order chi connectivity index (χ1) is 8.63. The van der Waals surface area contributed by atoms with Gasteiger partial charge in [0.25, 0.3) is 0 Å². The predicted molar refractivity (Wildman–Crippen MR) is 81.1 cm³/mol. The molecular formula is C16H35NO. The van der Waals surface area contributed by atoms with E-state index >= 15 is 0 Å². The highest BCUT2D eigenvalue weighted by Crippen LogP contribution is 2.30. The van der Waals surface area contributed by atoms with Gasteiger partial charge in [0.2, 0.25) is 0 Å². The smallest absolute Gasteiger partial charge is 0.0829 e. The fraction of sp³-hybridized carbons (Fsp3) is 1.00. The fourth-order valence-electron chi connectivity index (χ4n) is 3.02. The van der Waals surface area contributed by atoms with E-state index in [4.69, 9.17) is 4.74 Å². The largest absolute Gasteiger partial charge is 0.374 e. The highest BCUT2D eigenvalue weighted by Gasteiger charge is 2.36. The molecule has 18 heavy (non-hydrogen) atoms. The van der Waals surface area contributed by atoms with Crippen molar-refractivity contribution in [2.75, 3.05) is 13.2 Å². The number of likely N-dealkylation sites (N-methyl/N-ethyl adjacent to an activating group) is 1. The van der Waals surface area contributed by atoms with E-state index in [-0.39, 0.29) is 5.60 Å². The van der Waals surface area contributed by atoms with Crippen molar-refractivity contribution in [3.63, 3.8) is 0 Å². The number of nitrogens with one attached hydrogen (secondary N) is 1. The summed E-state index contributed by atoms with van der Waals surface area (Å²) in [6.07, 6.45) is 5.97. The third kappa shape index (κ3) is 4.89. The Hall–Kier alpha value is -0.0800. The van der Waals surface area contributed by atoms with Crippen molar-refractivity contribution >= 4 is 0 Å². The second-order valence-electron chi connectivity index (χ2n) is 5.23. The Bertz CT molecular complexity index is 186. The highest BCUT2D eigenvalue weighted by atomic mass is 16.5. The number of rotatable bonds is 11. The second kappa shape index (κ2) is 9.80. The number of hydrogen-bond acceptors (Lipinski definition) is 2. The lowest BCUT2D eigenvalue weighted by Gasteiger charge is -2.41. The zero-order valence-electron chi connectivity index (χ0n) is 13.5. The van der Waals surface area contributed by atoms with Crippen LogP contribution < -0.4 is 5.32 Å². The Morgan fingerprint density at radius 1 is 0.944 bits per heavy atom. The molecule has 0 aliphatic heterocycles. The zero-order chi connectivity index (χ0) is 14.0. The van der Waals surface area contributed by atoms with E-state index in [1.54, 1.807) is 0 Å². The van der Waals surface area contributed by atoms with E-state index in [1.807, 2.05) is 0 Å². The standard InChI is InChI=1S/C16H35NO/c1-7-14(8-2)13-15(17-11-5)16(9-3,10-4)18-12-6/h14-15,17H,7-13H2,1-6H3. The molecule has 0 aliphatic carbocycles. The van der Waals surface area contributed by atoms with Crippen LogP contribution in [0.25, 0.3) is 0 Å². The summed E-state index contributed by atoms with van der Waals surface area (Å²) in [5.74, 6) is 0.812. The first-order valence-electron chi connectivity index (χ1n) is 8.01. The first-order valence-corrected chi connectivity index (χ1v) is 8.01. The van der Waals surface area contributed by atoms with Crippen LogP contribution in [0.3, 0.4) is 0 Å². The SMILES string of the molecule is CCNC(CC(CC)CC)C(CC)(CC)OCC. The van der Waals surface area contributed by atoms with Crippen LogP contribution in [0.1, 0.15) is 73.6 Å². The maximum atomic E-state index is 6.17. The summed E-state index contributed by atoms with van der Waals surface area (Å²) in [4.78, 5) is 0. The van der Waals surface area contributed by atoms with Gasteiger partial charge in [0.15, 0.2) is 0 Å². The molecule has 0 amide bonds. The summed E-state index contributed by atoms with van der Waals surface area (Å²) in [5.41, 5.74) is 0.0212. The molecule has 1 N–H and O–H groups in total. The Labute approximate surface area is 115 Å². The van der Waals surface area contributed by atoms with Crippen LogP contribution in [0.4, 0.5) is 0 Å². The van der Waals surface area contributed by atoms with Crippen molar-refractivity contribution in [3.05, 3.63) is 0 Å². The predicted octanol–water partition coefficient (Wildman–Crippen LogP) is 4.39. The molecule has 0 heterocycles. The van der Waals surface area contributed by atoms with Gasteiger partial charge in [0.1, 0.15) is 0 Å². The van der Waals surface area contributed by atoms with Gasteiger partial charge in [0, 0.05) is 12.6 Å². The molecule has 0 saturated carbocycles. The van der Waals surface area contributed by atoms with Gasteiger partial charge in [-0.1, -0.05) is 47.5 Å². The molecule has 0 saturated heterocycles. The molecule has 0 spiro atoms. The van der Waals surface area contributed by atoms with E-state index in [1.165, 1.54) is 19.3 Å². The molecule has 0 aromatic rings. The molecule has 0 radical (unpaired) electrons. The topological polar surface area (TPSA) is 21.3 Å². The molecule has 2 nitrogen and oxygen atoms in total. The van der Waals surface area contributed by atoms with Gasteiger partial charge in [-0.15, -0.1) is 0 Å². The van der Waals surface area contributed by atoms with Crippen LogP contribution in [-0.2, 0) is 4.74 Å². The Morgan fingerprint density at radius 3 is 1.83 bits per heavy atom. The van der Waals surface area contributed by atoms with Crippen LogP contribution in [0.15, 0.2) is 0 Å². The Balaban J connectivity index is 4.88. The first kappa shape index (κ1) is 17.9. The third-order valence-electron chi connectivity index (χ3n) is 4.44. The Kier molecular flexibility index (Phi) is 9.76. The molecule has 1 atom stereocenters. The van der Waals surface area contributed by atoms with Gasteiger partial charge in [-0.2, -0.15) is 0 Å². The molecule has 0 fully saturated rings. The number of ether oxygens (including phenoxy) is 1. The van der Waals surface area contributed by atoms with Crippen molar-refractivity contribution in [1.29, 1.82) is 0 Å². The lowest BCUT2D eigenvalue weighted by Crippen LogP contribution is -2.52. The summed E-state index contributed by atoms with van der Waals surface area (Å²) in [6.45, 7) is 15.3. The van der Waals surface area contributed by atoms with Gasteiger partial charge >= 0.3 is 0 Å². The third-order valence-corrected chi connectivity index (χ3v) is 4.44. The minimum Gasteiger partial charge on any atom is -0.374 e. The molecule has 0 aliphatic rings. The van der Waals surface area contributed by atoms with Gasteiger partial charge in [-0.05, 0) is 38.6 Å². The average Bonchev–Trinajstić information content (AvgIpc) is 2.41. The monoisotopic (exact) mass is 257 g/mol. The van der Waals surface area contributed by atoms with Crippen LogP contribution >= 0.6 is 0 Å². The molecule has 2 heteroatoms. The maximum Gasteiger partial charge on any atom is 0.0829 e. The summed E-state index contributed by atoms with van der Waals surface area (Å²) in [7, 11) is 0. The lowest BCUT2D eigenvalue weighted by molar-refractivity contribution is -0.0767. The van der Waals surface area contributed by atoms with Crippen molar-refractivity contribution in [2.45, 2.75) is 85.3 Å². The summed E-state index contributed by atoms with van der Waals surface area (Å²) in [5, 5.41) is 3.68. The van der Waals surface area contributed by atoms with Crippen LogP contribution in [0.5, 0.6) is 0 Å². The Morgan fingerprint density at radius 2 is 1.50 bits per heavy atom. The zero-order valence-corrected chi connectivity index (χ0v) is 13.5. The maximum absolute atomic E-state index is 6.17. The minimum absolute atomic E-state index is 0.0212. The number of hydrogen-bond donors (Lipinski definition) is 1. The van der Waals surface area contributed by atoms with Gasteiger partial charge in [-0.25, -0.2) is 0 Å². The van der Waals surface area contributed by atoms with Gasteiger partial charge in [0.05, 0.1) is 5.60 Å². The van der Waals surface area contributed by atoms with Gasteiger partial charge in [-0.3, -0.25) is 0 Å². The highest BCUT2D eigenvalue weighted by molar-refractivity contribution is 4.92. The van der Waals surface area contributed by atoms with E-state index in [0.29, 0.717) is 6.04 Å². The fourth-order valence-corrected chi connectivity index (χ4v) is 3.02. The lowest BCUT2D eigenvalue weighted by atomic mass is 9.81. The summed E-state index contributed by atoms with van der Waals surface area (Å²) in [6, 6.07) is 0.488. The van der Waals surface area contributed by atoms with E-state index in [0.717, 1.165) is 31.9 Å². The average molecular weight is 257 g/mol. The summed E-state index contributed by atoms with van der Waals surface area (Å²) < 4.78 is 6.17. The van der Waals surface area contributed by atoms with E-state index < -0.39 is 0 Å². The quantitative estimate of drug-likeness (QED) is 0.593. The normalized spacial score (nSPS) is 14.2. The van der Waals surface area contributed by atoms with Gasteiger partial charge < -0.3 is 10.1 Å². The minimum atomic E-state index is 0.0212. The molecule has 1 unspecified atom stereocenters. The molecule has 0 aromatic carbocycles. The van der Waals surface area contributed by atoms with Crippen LogP contribution in [-0.4, -0.2) is 24.8 Å². The summed E-state index contributed by atoms with van der Waals surface area (Å²) >= 11 is 0. The van der Waals surface area contributed by atoms with E-state index in [9.17, 15) is 0 Å². The van der Waals surface area contributed by atoms with E-state index in [2.05, 4.69) is 46.9 Å². The molecule has 110 valence electrons. The molecule has 0 bridgehead atoms. The van der Waals surface area contributed by atoms with Crippen LogP contribution in [0, 0.1) is 5.92 Å². The molecular weight excluding hydrogens is 222 g/mol.